The first kappa shape index (κ1) is 14.8. The van der Waals surface area contributed by atoms with Crippen LogP contribution in [0.4, 0.5) is 14.5 Å². The topological polar surface area (TPSA) is 61.5 Å². The second kappa shape index (κ2) is 6.21. The summed E-state index contributed by atoms with van der Waals surface area (Å²) in [6.07, 6.45) is 0. The Balaban J connectivity index is 2.31. The molecule has 6 heteroatoms. The van der Waals surface area contributed by atoms with Gasteiger partial charge in [-0.3, -0.25) is 0 Å². The van der Waals surface area contributed by atoms with Crippen LogP contribution < -0.4 is 10.5 Å². The number of halogens is 2. The SMILES string of the molecule is COC(=O)c1ccc(-c2ccc(N)c(OC(F)F)c2)cc1. The highest BCUT2D eigenvalue weighted by Crippen LogP contribution is 2.30. The van der Waals surface area contributed by atoms with E-state index in [1.165, 1.54) is 19.2 Å². The Bertz CT molecular complexity index is 642. The van der Waals surface area contributed by atoms with Gasteiger partial charge in [-0.15, -0.1) is 0 Å². The second-order valence-corrected chi connectivity index (χ2v) is 4.20. The fourth-order valence-corrected chi connectivity index (χ4v) is 1.83. The molecular formula is C15H13F2NO3. The van der Waals surface area contributed by atoms with Crippen molar-refractivity contribution < 1.29 is 23.0 Å². The zero-order valence-corrected chi connectivity index (χ0v) is 11.2. The molecule has 0 amide bonds. The molecule has 2 N–H and O–H groups in total. The van der Waals surface area contributed by atoms with E-state index in [-0.39, 0.29) is 11.4 Å². The van der Waals surface area contributed by atoms with Gasteiger partial charge in [0.2, 0.25) is 0 Å². The van der Waals surface area contributed by atoms with Gasteiger partial charge in [-0.25, -0.2) is 4.79 Å². The number of carbonyl (C=O) groups excluding carboxylic acids is 1. The third-order valence-electron chi connectivity index (χ3n) is 2.87. The minimum atomic E-state index is -2.94. The van der Waals surface area contributed by atoms with Crippen LogP contribution in [0.1, 0.15) is 10.4 Å². The predicted octanol–water partition coefficient (Wildman–Crippen LogP) is 3.32. The van der Waals surface area contributed by atoms with E-state index >= 15 is 0 Å². The Morgan fingerprint density at radius 3 is 2.29 bits per heavy atom. The summed E-state index contributed by atoms with van der Waals surface area (Å²) in [5, 5.41) is 0. The standard InChI is InChI=1S/C15H13F2NO3/c1-20-14(19)10-4-2-9(3-5-10)11-6-7-12(18)13(8-11)21-15(16)17/h2-8,15H,18H2,1H3. The normalized spacial score (nSPS) is 10.5. The van der Waals surface area contributed by atoms with Gasteiger partial charge in [0.05, 0.1) is 18.4 Å². The predicted molar refractivity (Wildman–Crippen MR) is 74.3 cm³/mol. The number of rotatable bonds is 4. The quantitative estimate of drug-likeness (QED) is 0.694. The Kier molecular flexibility index (Phi) is 4.37. The van der Waals surface area contributed by atoms with Gasteiger partial charge in [0, 0.05) is 0 Å². The number of alkyl halides is 2. The van der Waals surface area contributed by atoms with Crippen molar-refractivity contribution in [2.75, 3.05) is 12.8 Å². The van der Waals surface area contributed by atoms with Crippen LogP contribution in [0.2, 0.25) is 0 Å². The Hall–Kier alpha value is -2.63. The van der Waals surface area contributed by atoms with Gasteiger partial charge in [-0.1, -0.05) is 18.2 Å². The number of hydrogen-bond acceptors (Lipinski definition) is 4. The maximum atomic E-state index is 12.3. The van der Waals surface area contributed by atoms with E-state index in [2.05, 4.69) is 9.47 Å². The molecule has 0 saturated heterocycles. The van der Waals surface area contributed by atoms with Gasteiger partial charge < -0.3 is 15.2 Å². The summed E-state index contributed by atoms with van der Waals surface area (Å²) in [6, 6.07) is 11.1. The number of nitrogen functional groups attached to an aromatic ring is 1. The number of esters is 1. The molecule has 0 spiro atoms. The van der Waals surface area contributed by atoms with Crippen molar-refractivity contribution in [2.45, 2.75) is 6.61 Å². The molecular weight excluding hydrogens is 280 g/mol. The maximum absolute atomic E-state index is 12.3. The maximum Gasteiger partial charge on any atom is 0.387 e. The number of ether oxygens (including phenoxy) is 2. The molecule has 0 unspecified atom stereocenters. The summed E-state index contributed by atoms with van der Waals surface area (Å²) < 4.78 is 33.5. The summed E-state index contributed by atoms with van der Waals surface area (Å²) in [5.74, 6) is -0.528. The zero-order chi connectivity index (χ0) is 15.4. The van der Waals surface area contributed by atoms with E-state index < -0.39 is 12.6 Å². The van der Waals surface area contributed by atoms with Gasteiger partial charge in [0.15, 0.2) is 0 Å². The van der Waals surface area contributed by atoms with E-state index in [1.54, 1.807) is 30.3 Å². The first-order chi connectivity index (χ1) is 10.0. The van der Waals surface area contributed by atoms with Crippen molar-refractivity contribution in [3.05, 3.63) is 48.0 Å². The smallest absolute Gasteiger partial charge is 0.387 e. The number of methoxy groups -OCH3 is 1. The van der Waals surface area contributed by atoms with E-state index in [0.717, 1.165) is 5.56 Å². The van der Waals surface area contributed by atoms with Crippen LogP contribution in [-0.4, -0.2) is 19.7 Å². The highest BCUT2D eigenvalue weighted by atomic mass is 19.3. The fraction of sp³-hybridized carbons (Fsp3) is 0.133. The average Bonchev–Trinajstić information content (AvgIpc) is 2.48. The minimum absolute atomic E-state index is 0.0838. The molecule has 2 aromatic rings. The molecule has 0 fully saturated rings. The van der Waals surface area contributed by atoms with Gasteiger partial charge in [-0.2, -0.15) is 8.78 Å². The van der Waals surface area contributed by atoms with Crippen molar-refractivity contribution in [2.24, 2.45) is 0 Å². The van der Waals surface area contributed by atoms with Crippen LogP contribution in [0.15, 0.2) is 42.5 Å². The number of nitrogens with two attached hydrogens (primary N) is 1. The van der Waals surface area contributed by atoms with Crippen LogP contribution in [0.3, 0.4) is 0 Å². The molecule has 2 aromatic carbocycles. The number of benzene rings is 2. The van der Waals surface area contributed by atoms with Crippen molar-refractivity contribution in [1.82, 2.24) is 0 Å². The summed E-state index contributed by atoms with van der Waals surface area (Å²) in [5.41, 5.74) is 7.50. The molecule has 0 atom stereocenters. The summed E-state index contributed by atoms with van der Waals surface area (Å²) >= 11 is 0. The number of hydrogen-bond donors (Lipinski definition) is 1. The first-order valence-electron chi connectivity index (χ1n) is 6.04. The van der Waals surface area contributed by atoms with Crippen LogP contribution in [0.25, 0.3) is 11.1 Å². The van der Waals surface area contributed by atoms with Gasteiger partial charge in [0.25, 0.3) is 0 Å². The molecule has 0 aliphatic rings. The highest BCUT2D eigenvalue weighted by Gasteiger charge is 2.10. The van der Waals surface area contributed by atoms with E-state index in [4.69, 9.17) is 5.73 Å². The number of anilines is 1. The van der Waals surface area contributed by atoms with E-state index in [1.807, 2.05) is 0 Å². The Morgan fingerprint density at radius 2 is 1.71 bits per heavy atom. The van der Waals surface area contributed by atoms with Gasteiger partial charge in [-0.05, 0) is 35.4 Å². The molecule has 0 radical (unpaired) electrons. The largest absolute Gasteiger partial charge is 0.465 e. The molecule has 0 aliphatic heterocycles. The lowest BCUT2D eigenvalue weighted by Gasteiger charge is -2.10. The highest BCUT2D eigenvalue weighted by molar-refractivity contribution is 5.90. The van der Waals surface area contributed by atoms with Crippen molar-refractivity contribution >= 4 is 11.7 Å². The lowest BCUT2D eigenvalue weighted by Crippen LogP contribution is -2.04. The van der Waals surface area contributed by atoms with E-state index in [0.29, 0.717) is 11.1 Å². The number of carbonyl (C=O) groups is 1. The minimum Gasteiger partial charge on any atom is -0.465 e. The molecule has 2 rings (SSSR count). The molecule has 0 bridgehead atoms. The van der Waals surface area contributed by atoms with Gasteiger partial charge in [0.1, 0.15) is 5.75 Å². The Morgan fingerprint density at radius 1 is 1.10 bits per heavy atom. The summed E-state index contributed by atoms with van der Waals surface area (Å²) in [6.45, 7) is -2.94. The molecule has 0 aromatic heterocycles. The molecule has 21 heavy (non-hydrogen) atoms. The monoisotopic (exact) mass is 293 g/mol. The molecule has 0 heterocycles. The summed E-state index contributed by atoms with van der Waals surface area (Å²) in [4.78, 5) is 11.3. The third kappa shape index (κ3) is 3.47. The first-order valence-corrected chi connectivity index (χ1v) is 6.04. The lowest BCUT2D eigenvalue weighted by atomic mass is 10.0. The third-order valence-corrected chi connectivity index (χ3v) is 2.87. The lowest BCUT2D eigenvalue weighted by molar-refractivity contribution is -0.0493. The van der Waals surface area contributed by atoms with Crippen LogP contribution in [-0.2, 0) is 4.74 Å². The van der Waals surface area contributed by atoms with Crippen molar-refractivity contribution in [3.63, 3.8) is 0 Å². The zero-order valence-electron chi connectivity index (χ0n) is 11.2. The van der Waals surface area contributed by atoms with E-state index in [9.17, 15) is 13.6 Å². The second-order valence-electron chi connectivity index (χ2n) is 4.20. The summed E-state index contributed by atoms with van der Waals surface area (Å²) in [7, 11) is 1.30. The molecule has 110 valence electrons. The molecule has 4 nitrogen and oxygen atoms in total. The fourth-order valence-electron chi connectivity index (χ4n) is 1.83. The average molecular weight is 293 g/mol. The van der Waals surface area contributed by atoms with Gasteiger partial charge >= 0.3 is 12.6 Å². The molecule has 0 aliphatic carbocycles. The molecule has 0 saturated carbocycles. The Labute approximate surface area is 120 Å². The van der Waals surface area contributed by atoms with Crippen LogP contribution >= 0.6 is 0 Å². The van der Waals surface area contributed by atoms with Crippen LogP contribution in [0.5, 0.6) is 5.75 Å². The van der Waals surface area contributed by atoms with Crippen LogP contribution in [0, 0.1) is 0 Å². The van der Waals surface area contributed by atoms with Crippen molar-refractivity contribution in [1.29, 1.82) is 0 Å². The van der Waals surface area contributed by atoms with Crippen molar-refractivity contribution in [3.8, 4) is 16.9 Å².